The van der Waals surface area contributed by atoms with Gasteiger partial charge in [0.05, 0.1) is 0 Å². The van der Waals surface area contributed by atoms with Gasteiger partial charge in [-0.3, -0.25) is 0 Å². The molecule has 0 radical (unpaired) electrons. The first-order valence-electron chi connectivity index (χ1n) is 6.46. The van der Waals surface area contributed by atoms with Gasteiger partial charge in [0.2, 0.25) is 0 Å². The number of fused-ring (bicyclic) bond motifs is 1. The highest BCUT2D eigenvalue weighted by Crippen LogP contribution is 2.28. The Hall–Kier alpha value is -2.07. The number of benzene rings is 1. The predicted molar refractivity (Wildman–Crippen MR) is 76.9 cm³/mol. The first-order valence-corrected chi connectivity index (χ1v) is 6.46. The summed E-state index contributed by atoms with van der Waals surface area (Å²) in [5.74, 6) is 1.01. The summed E-state index contributed by atoms with van der Waals surface area (Å²) in [6.07, 6.45) is 4.50. The molecule has 3 aromatic rings. The number of hydrogen-bond donors (Lipinski definition) is 2. The fourth-order valence-electron chi connectivity index (χ4n) is 2.67. The van der Waals surface area contributed by atoms with Gasteiger partial charge in [0, 0.05) is 48.5 Å². The van der Waals surface area contributed by atoms with E-state index in [1.54, 1.807) is 0 Å². The third-order valence-electron chi connectivity index (χ3n) is 3.64. The maximum atomic E-state index is 6.39. The van der Waals surface area contributed by atoms with Crippen LogP contribution < -0.4 is 5.73 Å². The molecular weight excluding hydrogens is 236 g/mol. The Bertz CT molecular complexity index is 708. The van der Waals surface area contributed by atoms with Crippen molar-refractivity contribution in [3.05, 3.63) is 53.7 Å². The highest BCUT2D eigenvalue weighted by atomic mass is 15.0. The zero-order chi connectivity index (χ0) is 13.4. The van der Waals surface area contributed by atoms with Gasteiger partial charge in [-0.25, -0.2) is 4.98 Å². The maximum Gasteiger partial charge on any atom is 0.110 e. The monoisotopic (exact) mass is 254 g/mol. The molecule has 98 valence electrons. The average molecular weight is 254 g/mol. The van der Waals surface area contributed by atoms with Crippen LogP contribution in [-0.2, 0) is 13.5 Å². The minimum Gasteiger partial charge on any atom is -0.358 e. The largest absolute Gasteiger partial charge is 0.358 e. The van der Waals surface area contributed by atoms with Crippen molar-refractivity contribution in [1.29, 1.82) is 0 Å². The number of aromatic amines is 1. The van der Waals surface area contributed by atoms with Crippen LogP contribution in [0.25, 0.3) is 10.9 Å². The van der Waals surface area contributed by atoms with Gasteiger partial charge in [0.15, 0.2) is 0 Å². The van der Waals surface area contributed by atoms with Gasteiger partial charge >= 0.3 is 0 Å². The zero-order valence-corrected chi connectivity index (χ0v) is 11.2. The highest BCUT2D eigenvalue weighted by molar-refractivity contribution is 5.85. The van der Waals surface area contributed by atoms with Crippen molar-refractivity contribution in [2.45, 2.75) is 19.4 Å². The van der Waals surface area contributed by atoms with Crippen molar-refractivity contribution < 1.29 is 0 Å². The number of imidazole rings is 1. The fourth-order valence-corrected chi connectivity index (χ4v) is 2.67. The van der Waals surface area contributed by atoms with Crippen molar-refractivity contribution in [3.63, 3.8) is 0 Å². The lowest BCUT2D eigenvalue weighted by Crippen LogP contribution is -2.16. The van der Waals surface area contributed by atoms with E-state index in [1.165, 1.54) is 10.9 Å². The molecular formula is C15H18N4. The van der Waals surface area contributed by atoms with Gasteiger partial charge in [0.25, 0.3) is 0 Å². The van der Waals surface area contributed by atoms with Crippen LogP contribution in [0.15, 0.2) is 36.7 Å². The number of H-pyrrole nitrogens is 1. The molecule has 4 heteroatoms. The second-order valence-corrected chi connectivity index (χ2v) is 4.97. The Morgan fingerprint density at radius 2 is 2.16 bits per heavy atom. The summed E-state index contributed by atoms with van der Waals surface area (Å²) >= 11 is 0. The molecule has 2 aromatic heterocycles. The second kappa shape index (κ2) is 4.55. The van der Waals surface area contributed by atoms with E-state index in [-0.39, 0.29) is 6.04 Å². The quantitative estimate of drug-likeness (QED) is 0.754. The van der Waals surface area contributed by atoms with Crippen LogP contribution in [0, 0.1) is 6.92 Å². The van der Waals surface area contributed by atoms with Crippen molar-refractivity contribution in [2.75, 3.05) is 0 Å². The number of para-hydroxylation sites is 1. The van der Waals surface area contributed by atoms with E-state index < -0.39 is 0 Å². The van der Waals surface area contributed by atoms with Gasteiger partial charge in [0.1, 0.15) is 5.82 Å². The van der Waals surface area contributed by atoms with Crippen molar-refractivity contribution in [1.82, 2.24) is 14.5 Å². The molecule has 0 amide bonds. The Labute approximate surface area is 112 Å². The highest BCUT2D eigenvalue weighted by Gasteiger charge is 2.17. The normalized spacial score (nSPS) is 13.0. The molecule has 3 N–H and O–H groups in total. The van der Waals surface area contributed by atoms with Gasteiger partial charge in [-0.1, -0.05) is 18.2 Å². The number of aryl methyl sites for hydroxylation is 2. The van der Waals surface area contributed by atoms with Crippen LogP contribution in [0.1, 0.15) is 23.1 Å². The Morgan fingerprint density at radius 1 is 1.37 bits per heavy atom. The molecule has 4 nitrogen and oxygen atoms in total. The van der Waals surface area contributed by atoms with Gasteiger partial charge < -0.3 is 15.3 Å². The van der Waals surface area contributed by atoms with Crippen LogP contribution in [0.4, 0.5) is 0 Å². The van der Waals surface area contributed by atoms with E-state index in [0.717, 1.165) is 23.5 Å². The molecule has 0 aliphatic heterocycles. The van der Waals surface area contributed by atoms with Crippen molar-refractivity contribution in [2.24, 2.45) is 12.8 Å². The van der Waals surface area contributed by atoms with E-state index in [2.05, 4.69) is 29.0 Å². The van der Waals surface area contributed by atoms with E-state index in [0.29, 0.717) is 0 Å². The lowest BCUT2D eigenvalue weighted by molar-refractivity contribution is 0.660. The minimum atomic E-state index is -0.0442. The summed E-state index contributed by atoms with van der Waals surface area (Å²) in [5.41, 5.74) is 9.87. The van der Waals surface area contributed by atoms with Gasteiger partial charge in [-0.15, -0.1) is 0 Å². The van der Waals surface area contributed by atoms with Crippen LogP contribution in [-0.4, -0.2) is 14.5 Å². The molecule has 0 saturated heterocycles. The van der Waals surface area contributed by atoms with Crippen LogP contribution in [0.5, 0.6) is 0 Å². The molecule has 0 aliphatic rings. The van der Waals surface area contributed by atoms with Crippen LogP contribution in [0.3, 0.4) is 0 Å². The standard InChI is InChI=1S/C15H18N4/c1-10-15(11-5-3-4-6-13(11)18-10)12(16)9-14-17-7-8-19(14)2/h3-8,12,18H,9,16H2,1-2H3. The number of nitrogens with one attached hydrogen (secondary N) is 1. The first kappa shape index (κ1) is 12.0. The third kappa shape index (κ3) is 2.04. The molecule has 2 heterocycles. The summed E-state index contributed by atoms with van der Waals surface area (Å²) < 4.78 is 2.02. The van der Waals surface area contributed by atoms with Gasteiger partial charge in [-0.05, 0) is 18.6 Å². The second-order valence-electron chi connectivity index (χ2n) is 4.97. The van der Waals surface area contributed by atoms with Crippen molar-refractivity contribution in [3.8, 4) is 0 Å². The topological polar surface area (TPSA) is 59.6 Å². The predicted octanol–water partition coefficient (Wildman–Crippen LogP) is 2.45. The molecule has 1 aromatic carbocycles. The maximum absolute atomic E-state index is 6.39. The molecule has 0 bridgehead atoms. The SMILES string of the molecule is Cc1[nH]c2ccccc2c1C(N)Cc1nccn1C. The summed E-state index contributed by atoms with van der Waals surface area (Å²) in [6, 6.07) is 8.24. The summed E-state index contributed by atoms with van der Waals surface area (Å²) in [4.78, 5) is 7.74. The molecule has 0 saturated carbocycles. The Morgan fingerprint density at radius 3 is 2.89 bits per heavy atom. The molecule has 1 atom stereocenters. The molecule has 3 rings (SSSR count). The van der Waals surface area contributed by atoms with E-state index >= 15 is 0 Å². The first-order chi connectivity index (χ1) is 9.16. The van der Waals surface area contributed by atoms with E-state index in [4.69, 9.17) is 5.73 Å². The fraction of sp³-hybridized carbons (Fsp3) is 0.267. The average Bonchev–Trinajstić information content (AvgIpc) is 2.92. The van der Waals surface area contributed by atoms with E-state index in [9.17, 15) is 0 Å². The third-order valence-corrected chi connectivity index (χ3v) is 3.64. The number of nitrogens with zero attached hydrogens (tertiary/aromatic N) is 2. The van der Waals surface area contributed by atoms with Crippen molar-refractivity contribution >= 4 is 10.9 Å². The molecule has 1 unspecified atom stereocenters. The van der Waals surface area contributed by atoms with Crippen LogP contribution >= 0.6 is 0 Å². The summed E-state index contributed by atoms with van der Waals surface area (Å²) in [5, 5.41) is 1.21. The minimum absolute atomic E-state index is 0.0442. The number of rotatable bonds is 3. The number of aromatic nitrogens is 3. The Kier molecular flexibility index (Phi) is 2.87. The molecule has 0 aliphatic carbocycles. The lowest BCUT2D eigenvalue weighted by atomic mass is 10.0. The van der Waals surface area contributed by atoms with E-state index in [1.807, 2.05) is 36.1 Å². The summed E-state index contributed by atoms with van der Waals surface area (Å²) in [6.45, 7) is 2.08. The Balaban J connectivity index is 2.00. The molecule has 0 fully saturated rings. The number of nitrogens with two attached hydrogens (primary N) is 1. The zero-order valence-electron chi connectivity index (χ0n) is 11.2. The van der Waals surface area contributed by atoms with Crippen LogP contribution in [0.2, 0.25) is 0 Å². The van der Waals surface area contributed by atoms with Gasteiger partial charge in [-0.2, -0.15) is 0 Å². The summed E-state index contributed by atoms with van der Waals surface area (Å²) in [7, 11) is 2.00. The lowest BCUT2D eigenvalue weighted by Gasteiger charge is -2.12. The number of hydrogen-bond acceptors (Lipinski definition) is 2. The molecule has 0 spiro atoms. The smallest absolute Gasteiger partial charge is 0.110 e. The molecule has 19 heavy (non-hydrogen) atoms.